The molecule has 164 valence electrons. The number of allylic oxidation sites excluding steroid dienone is 3. The van der Waals surface area contributed by atoms with Gasteiger partial charge in [-0.1, -0.05) is 48.2 Å². The first kappa shape index (κ1) is 22.8. The number of thioether (sulfide) groups is 1. The number of carboxylic acid groups (broad SMARTS) is 1. The molecule has 1 aromatic carbocycles. The highest BCUT2D eigenvalue weighted by Crippen LogP contribution is 2.30. The number of hydrogen-bond acceptors (Lipinski definition) is 5. The van der Waals surface area contributed by atoms with Crippen molar-refractivity contribution in [2.45, 2.75) is 50.3 Å². The molecule has 1 unspecified atom stereocenters. The van der Waals surface area contributed by atoms with Crippen LogP contribution in [0.5, 0.6) is 0 Å². The Kier molecular flexibility index (Phi) is 7.68. The molecule has 0 aromatic heterocycles. The van der Waals surface area contributed by atoms with E-state index in [1.54, 1.807) is 6.08 Å². The van der Waals surface area contributed by atoms with Crippen molar-refractivity contribution in [3.63, 3.8) is 0 Å². The molecule has 0 saturated carbocycles. The minimum Gasteiger partial charge on any atom is -0.480 e. The average Bonchev–Trinajstić information content (AvgIpc) is 2.86. The molecule has 31 heavy (non-hydrogen) atoms. The number of carbonyl (C=O) groups is 4. The summed E-state index contributed by atoms with van der Waals surface area (Å²) in [5, 5.41) is 11.3. The van der Waals surface area contributed by atoms with Gasteiger partial charge in [0.15, 0.2) is 5.12 Å². The first-order valence-corrected chi connectivity index (χ1v) is 11.2. The van der Waals surface area contributed by atoms with E-state index in [-0.39, 0.29) is 5.12 Å². The third-order valence-electron chi connectivity index (χ3n) is 5.31. The molecular formula is C23H26N2O5S. The number of carboxylic acids is 1. The summed E-state index contributed by atoms with van der Waals surface area (Å²) in [6.45, 7) is 0.954. The van der Waals surface area contributed by atoms with Gasteiger partial charge in [-0.2, -0.15) is 0 Å². The predicted molar refractivity (Wildman–Crippen MR) is 118 cm³/mol. The summed E-state index contributed by atoms with van der Waals surface area (Å²) in [7, 11) is 0. The predicted octanol–water partition coefficient (Wildman–Crippen LogP) is 2.67. The molecule has 0 radical (unpaired) electrons. The molecule has 0 spiro atoms. The second-order valence-corrected chi connectivity index (χ2v) is 9.02. The SMILES string of the molecule is CC(=O)S[C@@H](Cc1ccccc1)C(=O)NC1CCC2=C(C=CCC2)N(CC(=O)O)C1=O. The number of hydrogen-bond donors (Lipinski definition) is 2. The fourth-order valence-corrected chi connectivity index (χ4v) is 4.75. The van der Waals surface area contributed by atoms with Crippen LogP contribution < -0.4 is 5.32 Å². The van der Waals surface area contributed by atoms with Crippen LogP contribution in [0.3, 0.4) is 0 Å². The Morgan fingerprint density at radius 2 is 1.97 bits per heavy atom. The van der Waals surface area contributed by atoms with Crippen LogP contribution >= 0.6 is 11.8 Å². The van der Waals surface area contributed by atoms with Crippen LogP contribution in [0.4, 0.5) is 0 Å². The van der Waals surface area contributed by atoms with E-state index >= 15 is 0 Å². The van der Waals surface area contributed by atoms with Gasteiger partial charge in [-0.15, -0.1) is 0 Å². The molecular weight excluding hydrogens is 416 g/mol. The maximum Gasteiger partial charge on any atom is 0.323 e. The van der Waals surface area contributed by atoms with Gasteiger partial charge in [0, 0.05) is 12.6 Å². The quantitative estimate of drug-likeness (QED) is 0.673. The second kappa shape index (κ2) is 10.4. The van der Waals surface area contributed by atoms with Crippen molar-refractivity contribution in [2.75, 3.05) is 6.54 Å². The van der Waals surface area contributed by atoms with Crippen LogP contribution in [-0.2, 0) is 25.6 Å². The Labute approximate surface area is 185 Å². The highest BCUT2D eigenvalue weighted by molar-refractivity contribution is 8.14. The minimum absolute atomic E-state index is 0.182. The number of carbonyl (C=O) groups excluding carboxylic acids is 3. The number of benzene rings is 1. The van der Waals surface area contributed by atoms with E-state index in [4.69, 9.17) is 0 Å². The van der Waals surface area contributed by atoms with Gasteiger partial charge >= 0.3 is 5.97 Å². The van der Waals surface area contributed by atoms with Gasteiger partial charge in [0.05, 0.1) is 5.25 Å². The largest absolute Gasteiger partial charge is 0.480 e. The van der Waals surface area contributed by atoms with Crippen LogP contribution in [0.2, 0.25) is 0 Å². The molecule has 2 aliphatic rings. The normalized spacial score (nSPS) is 19.5. The van der Waals surface area contributed by atoms with Crippen molar-refractivity contribution in [1.29, 1.82) is 0 Å². The Hall–Kier alpha value is -2.87. The first-order chi connectivity index (χ1) is 14.8. The number of aliphatic carboxylic acids is 1. The lowest BCUT2D eigenvalue weighted by Gasteiger charge is -2.27. The van der Waals surface area contributed by atoms with Crippen LogP contribution in [0.25, 0.3) is 0 Å². The number of nitrogens with zero attached hydrogens (tertiary/aromatic N) is 1. The third kappa shape index (κ3) is 6.07. The van der Waals surface area contributed by atoms with Crippen molar-refractivity contribution in [2.24, 2.45) is 0 Å². The standard InChI is InChI=1S/C23H26N2O5S/c1-15(26)31-20(13-16-7-3-2-4-8-16)22(29)24-18-12-11-17-9-5-6-10-19(17)25(23(18)30)14-21(27)28/h2-4,6-8,10,18,20H,5,9,11-14H2,1H3,(H,24,29)(H,27,28)/t18?,20-/m0/s1. The molecule has 2 N–H and O–H groups in total. The van der Waals surface area contributed by atoms with E-state index in [0.717, 1.165) is 35.7 Å². The molecule has 1 heterocycles. The van der Waals surface area contributed by atoms with Gasteiger partial charge < -0.3 is 10.4 Å². The fourth-order valence-electron chi connectivity index (χ4n) is 3.89. The summed E-state index contributed by atoms with van der Waals surface area (Å²) in [4.78, 5) is 50.6. The minimum atomic E-state index is -1.11. The third-order valence-corrected chi connectivity index (χ3v) is 6.31. The molecule has 1 aliphatic heterocycles. The average molecular weight is 443 g/mol. The van der Waals surface area contributed by atoms with Crippen LogP contribution in [0.15, 0.2) is 53.8 Å². The highest BCUT2D eigenvalue weighted by Gasteiger charge is 2.35. The van der Waals surface area contributed by atoms with Crippen molar-refractivity contribution >= 4 is 34.7 Å². The van der Waals surface area contributed by atoms with Gasteiger partial charge in [0.25, 0.3) is 0 Å². The molecule has 0 saturated heterocycles. The second-order valence-electron chi connectivity index (χ2n) is 7.64. The van der Waals surface area contributed by atoms with Crippen LogP contribution in [0.1, 0.15) is 38.2 Å². The number of amides is 2. The Morgan fingerprint density at radius 1 is 1.23 bits per heavy atom. The van der Waals surface area contributed by atoms with Gasteiger partial charge in [-0.25, -0.2) is 0 Å². The van der Waals surface area contributed by atoms with Crippen LogP contribution in [0, 0.1) is 0 Å². The molecule has 2 amide bonds. The van der Waals surface area contributed by atoms with E-state index in [9.17, 15) is 24.3 Å². The smallest absolute Gasteiger partial charge is 0.323 e. The molecule has 2 atom stereocenters. The van der Waals surface area contributed by atoms with Gasteiger partial charge in [0.2, 0.25) is 11.8 Å². The van der Waals surface area contributed by atoms with E-state index < -0.39 is 35.6 Å². The Bertz CT molecular complexity index is 925. The van der Waals surface area contributed by atoms with Crippen molar-refractivity contribution in [3.8, 4) is 0 Å². The first-order valence-electron chi connectivity index (χ1n) is 10.3. The lowest BCUT2D eigenvalue weighted by atomic mass is 9.97. The summed E-state index contributed by atoms with van der Waals surface area (Å²) in [5.74, 6) is -1.94. The lowest BCUT2D eigenvalue weighted by Crippen LogP contribution is -2.50. The zero-order valence-corrected chi connectivity index (χ0v) is 18.2. The van der Waals surface area contributed by atoms with Gasteiger partial charge in [0.1, 0.15) is 12.6 Å². The summed E-state index contributed by atoms with van der Waals surface area (Å²) >= 11 is 0.938. The molecule has 1 aromatic rings. The topological polar surface area (TPSA) is 104 Å². The van der Waals surface area contributed by atoms with Gasteiger partial charge in [-0.05, 0) is 49.3 Å². The zero-order valence-electron chi connectivity index (χ0n) is 17.4. The van der Waals surface area contributed by atoms with E-state index in [0.29, 0.717) is 25.0 Å². The summed E-state index contributed by atoms with van der Waals surface area (Å²) in [6.07, 6.45) is 6.71. The molecule has 1 aliphatic carbocycles. The van der Waals surface area contributed by atoms with E-state index in [2.05, 4.69) is 5.32 Å². The van der Waals surface area contributed by atoms with Crippen molar-refractivity contribution < 1.29 is 24.3 Å². The molecule has 0 fully saturated rings. The van der Waals surface area contributed by atoms with Crippen molar-refractivity contribution in [3.05, 3.63) is 59.3 Å². The lowest BCUT2D eigenvalue weighted by molar-refractivity contribution is -0.144. The molecule has 0 bridgehead atoms. The maximum absolute atomic E-state index is 13.2. The summed E-state index contributed by atoms with van der Waals surface area (Å²) in [6, 6.07) is 8.54. The van der Waals surface area contributed by atoms with Crippen molar-refractivity contribution in [1.82, 2.24) is 10.2 Å². The maximum atomic E-state index is 13.2. The number of rotatable bonds is 7. The summed E-state index contributed by atoms with van der Waals surface area (Å²) in [5.41, 5.74) is 2.58. The Morgan fingerprint density at radius 3 is 2.65 bits per heavy atom. The monoisotopic (exact) mass is 442 g/mol. The van der Waals surface area contributed by atoms with E-state index in [1.807, 2.05) is 36.4 Å². The zero-order chi connectivity index (χ0) is 22.4. The number of nitrogens with one attached hydrogen (secondary N) is 1. The van der Waals surface area contributed by atoms with Crippen LogP contribution in [-0.4, -0.2) is 50.7 Å². The van der Waals surface area contributed by atoms with Gasteiger partial charge in [-0.3, -0.25) is 24.1 Å². The summed E-state index contributed by atoms with van der Waals surface area (Å²) < 4.78 is 0. The highest BCUT2D eigenvalue weighted by atomic mass is 32.2. The molecule has 7 nitrogen and oxygen atoms in total. The molecule has 3 rings (SSSR count). The Balaban J connectivity index is 1.78. The molecule has 8 heteroatoms. The van der Waals surface area contributed by atoms with E-state index in [1.165, 1.54) is 11.8 Å². The fraction of sp³-hybridized carbons (Fsp3) is 0.391.